The molecule has 0 radical (unpaired) electrons. The van der Waals surface area contributed by atoms with E-state index in [9.17, 15) is 30.0 Å². The van der Waals surface area contributed by atoms with Crippen LogP contribution < -0.4 is 0 Å². The fourth-order valence-corrected chi connectivity index (χ4v) is 2.22. The lowest BCUT2D eigenvalue weighted by atomic mass is 9.76. The third kappa shape index (κ3) is 2.66. The molecule has 0 aromatic heterocycles. The Morgan fingerprint density at radius 3 is 2.19 bits per heavy atom. The highest BCUT2D eigenvalue weighted by Crippen LogP contribution is 2.33. The highest BCUT2D eigenvalue weighted by atomic mass is 16.4. The average molecular weight is 290 g/mol. The summed E-state index contributed by atoms with van der Waals surface area (Å²) >= 11 is 0. The van der Waals surface area contributed by atoms with Crippen molar-refractivity contribution < 1.29 is 30.0 Å². The minimum atomic E-state index is -2.37. The Morgan fingerprint density at radius 1 is 1.10 bits per heavy atom. The van der Waals surface area contributed by atoms with E-state index in [0.29, 0.717) is 12.0 Å². The normalized spacial score (nSPS) is 19.9. The molecule has 0 bridgehead atoms. The monoisotopic (exact) mass is 290 g/mol. The Labute approximate surface area is 120 Å². The van der Waals surface area contributed by atoms with Crippen molar-refractivity contribution >= 4 is 11.9 Å². The van der Waals surface area contributed by atoms with Gasteiger partial charge in [-0.25, -0.2) is 0 Å². The number of phenols is 1. The number of allylic oxidation sites excluding steroid dienone is 2. The topological polar surface area (TPSA) is 115 Å². The van der Waals surface area contributed by atoms with Crippen LogP contribution in [0.15, 0.2) is 48.1 Å². The molecular formula is C15H14O6. The number of aliphatic hydroxyl groups is 1. The molecule has 1 aromatic carbocycles. The van der Waals surface area contributed by atoms with Gasteiger partial charge in [0.25, 0.3) is 0 Å². The maximum absolute atomic E-state index is 11.3. The van der Waals surface area contributed by atoms with E-state index >= 15 is 0 Å². The fraction of sp³-hybridized carbons (Fsp3) is 0.200. The molecule has 0 spiro atoms. The zero-order valence-electron chi connectivity index (χ0n) is 10.9. The average Bonchev–Trinajstić information content (AvgIpc) is 2.42. The SMILES string of the molecule is O=C(O)C1(C(=O)O)C=C(Cc2ccc(O)cc2)C=CC1O. The predicted octanol–water partition coefficient (Wildman–Crippen LogP) is 0.947. The second-order valence-corrected chi connectivity index (χ2v) is 4.85. The first-order valence-electron chi connectivity index (χ1n) is 6.19. The number of carboxylic acid groups (broad SMARTS) is 2. The van der Waals surface area contributed by atoms with Crippen molar-refractivity contribution in [3.8, 4) is 5.75 Å². The number of benzene rings is 1. The van der Waals surface area contributed by atoms with E-state index in [0.717, 1.165) is 17.7 Å². The Morgan fingerprint density at radius 2 is 1.67 bits per heavy atom. The minimum absolute atomic E-state index is 0.104. The van der Waals surface area contributed by atoms with Gasteiger partial charge >= 0.3 is 11.9 Å². The smallest absolute Gasteiger partial charge is 0.328 e. The second-order valence-electron chi connectivity index (χ2n) is 4.85. The summed E-state index contributed by atoms with van der Waals surface area (Å²) in [4.78, 5) is 22.6. The number of aliphatic carboxylic acids is 2. The van der Waals surface area contributed by atoms with Crippen LogP contribution in [0.4, 0.5) is 0 Å². The molecule has 1 aliphatic rings. The van der Waals surface area contributed by atoms with Gasteiger partial charge in [0.05, 0.1) is 0 Å². The highest BCUT2D eigenvalue weighted by Gasteiger charge is 2.51. The van der Waals surface area contributed by atoms with E-state index in [1.807, 2.05) is 0 Å². The van der Waals surface area contributed by atoms with Crippen LogP contribution in [0.3, 0.4) is 0 Å². The zero-order valence-corrected chi connectivity index (χ0v) is 10.9. The molecule has 6 nitrogen and oxygen atoms in total. The molecule has 1 aromatic rings. The molecule has 0 aliphatic heterocycles. The van der Waals surface area contributed by atoms with Crippen LogP contribution in [-0.4, -0.2) is 38.5 Å². The molecule has 110 valence electrons. The van der Waals surface area contributed by atoms with Crippen LogP contribution in [0.1, 0.15) is 5.56 Å². The Balaban J connectivity index is 2.36. The largest absolute Gasteiger partial charge is 0.508 e. The molecule has 6 heteroatoms. The lowest BCUT2D eigenvalue weighted by Gasteiger charge is -2.28. The first kappa shape index (κ1) is 14.8. The summed E-state index contributed by atoms with van der Waals surface area (Å²) in [5.74, 6) is -3.13. The van der Waals surface area contributed by atoms with E-state index in [2.05, 4.69) is 0 Å². The minimum Gasteiger partial charge on any atom is -0.508 e. The van der Waals surface area contributed by atoms with Gasteiger partial charge in [-0.05, 0) is 35.8 Å². The van der Waals surface area contributed by atoms with Crippen LogP contribution in [0, 0.1) is 5.41 Å². The van der Waals surface area contributed by atoms with Crippen molar-refractivity contribution in [2.24, 2.45) is 5.41 Å². The van der Waals surface area contributed by atoms with Crippen molar-refractivity contribution in [1.82, 2.24) is 0 Å². The van der Waals surface area contributed by atoms with E-state index < -0.39 is 23.5 Å². The van der Waals surface area contributed by atoms with Gasteiger partial charge in [-0.1, -0.05) is 24.3 Å². The number of hydrogen-bond acceptors (Lipinski definition) is 4. The maximum Gasteiger partial charge on any atom is 0.328 e. The lowest BCUT2D eigenvalue weighted by molar-refractivity contribution is -0.166. The quantitative estimate of drug-likeness (QED) is 0.614. The molecule has 4 N–H and O–H groups in total. The van der Waals surface area contributed by atoms with Gasteiger partial charge in [-0.2, -0.15) is 0 Å². The van der Waals surface area contributed by atoms with Crippen molar-refractivity contribution in [3.63, 3.8) is 0 Å². The molecule has 0 heterocycles. The summed E-state index contributed by atoms with van der Waals surface area (Å²) in [6.45, 7) is 0. The van der Waals surface area contributed by atoms with E-state index in [4.69, 9.17) is 0 Å². The van der Waals surface area contributed by atoms with Crippen molar-refractivity contribution in [2.45, 2.75) is 12.5 Å². The van der Waals surface area contributed by atoms with E-state index in [-0.39, 0.29) is 5.75 Å². The van der Waals surface area contributed by atoms with Crippen LogP contribution in [0.2, 0.25) is 0 Å². The first-order valence-corrected chi connectivity index (χ1v) is 6.19. The van der Waals surface area contributed by atoms with Crippen LogP contribution in [0.25, 0.3) is 0 Å². The standard InChI is InChI=1S/C15H14O6/c16-11-4-1-9(2-5-11)7-10-3-6-12(17)15(8-10,13(18)19)14(20)21/h1-6,8,12,16-17H,7H2,(H,18,19)(H,20,21). The molecule has 0 amide bonds. The number of aromatic hydroxyl groups is 1. The summed E-state index contributed by atoms with van der Waals surface area (Å²) < 4.78 is 0. The first-order chi connectivity index (χ1) is 9.86. The molecule has 0 fully saturated rings. The Hall–Kier alpha value is -2.60. The molecular weight excluding hydrogens is 276 g/mol. The van der Waals surface area contributed by atoms with Gasteiger partial charge in [0.1, 0.15) is 11.9 Å². The predicted molar refractivity (Wildman–Crippen MR) is 72.7 cm³/mol. The van der Waals surface area contributed by atoms with Crippen LogP contribution in [0.5, 0.6) is 5.75 Å². The summed E-state index contributed by atoms with van der Waals surface area (Å²) in [5, 5.41) is 37.4. The second kappa shape index (κ2) is 5.41. The Bertz CT molecular complexity index is 612. The van der Waals surface area contributed by atoms with E-state index in [1.54, 1.807) is 12.1 Å². The van der Waals surface area contributed by atoms with Gasteiger partial charge in [0.2, 0.25) is 5.41 Å². The van der Waals surface area contributed by atoms with Crippen LogP contribution >= 0.6 is 0 Å². The third-order valence-corrected chi connectivity index (χ3v) is 3.42. The van der Waals surface area contributed by atoms with Gasteiger partial charge in [0.15, 0.2) is 0 Å². The summed E-state index contributed by atoms with van der Waals surface area (Å²) in [6.07, 6.45) is 2.40. The summed E-state index contributed by atoms with van der Waals surface area (Å²) in [7, 11) is 0. The van der Waals surface area contributed by atoms with Crippen molar-refractivity contribution in [2.75, 3.05) is 0 Å². The molecule has 2 rings (SSSR count). The molecule has 0 saturated heterocycles. The van der Waals surface area contributed by atoms with Crippen molar-refractivity contribution in [1.29, 1.82) is 0 Å². The van der Waals surface area contributed by atoms with Crippen LogP contribution in [-0.2, 0) is 16.0 Å². The number of rotatable bonds is 4. The zero-order chi connectivity index (χ0) is 15.6. The van der Waals surface area contributed by atoms with E-state index in [1.165, 1.54) is 18.2 Å². The number of carboxylic acids is 2. The highest BCUT2D eigenvalue weighted by molar-refractivity contribution is 6.02. The molecule has 0 saturated carbocycles. The van der Waals surface area contributed by atoms with Gasteiger partial charge < -0.3 is 20.4 Å². The summed E-state index contributed by atoms with van der Waals surface area (Å²) in [5.41, 5.74) is -1.12. The Kier molecular flexibility index (Phi) is 3.82. The molecule has 1 atom stereocenters. The van der Waals surface area contributed by atoms with Gasteiger partial charge in [-0.15, -0.1) is 0 Å². The van der Waals surface area contributed by atoms with Gasteiger partial charge in [0, 0.05) is 0 Å². The molecule has 1 unspecified atom stereocenters. The number of phenolic OH excluding ortho intramolecular Hbond substituents is 1. The number of carbonyl (C=O) groups is 2. The number of hydrogen-bond donors (Lipinski definition) is 4. The van der Waals surface area contributed by atoms with Crippen molar-refractivity contribution in [3.05, 3.63) is 53.6 Å². The third-order valence-electron chi connectivity index (χ3n) is 3.42. The van der Waals surface area contributed by atoms with Gasteiger partial charge in [-0.3, -0.25) is 9.59 Å². The lowest BCUT2D eigenvalue weighted by Crippen LogP contribution is -2.48. The molecule has 1 aliphatic carbocycles. The fourth-order valence-electron chi connectivity index (χ4n) is 2.22. The number of aliphatic hydroxyl groups excluding tert-OH is 1. The summed E-state index contributed by atoms with van der Waals surface area (Å²) in [6, 6.07) is 6.27. The maximum atomic E-state index is 11.3. The molecule has 21 heavy (non-hydrogen) atoms.